The number of likely N-dealkylation sites (N-methyl/N-ethyl adjacent to an activating group) is 1. The van der Waals surface area contributed by atoms with Gasteiger partial charge in [0, 0.05) is 43.0 Å². The zero-order valence-electron chi connectivity index (χ0n) is 13.0. The van der Waals surface area contributed by atoms with Gasteiger partial charge in [0.2, 0.25) is 0 Å². The van der Waals surface area contributed by atoms with E-state index in [-0.39, 0.29) is 0 Å². The minimum absolute atomic E-state index is 0.382. The Morgan fingerprint density at radius 1 is 1.42 bits per heavy atom. The molecule has 1 N–H and O–H groups in total. The first-order chi connectivity index (χ1) is 9.04. The molecule has 1 atom stereocenters. The van der Waals surface area contributed by atoms with Crippen LogP contribution >= 0.6 is 0 Å². The third-order valence-corrected chi connectivity index (χ3v) is 4.26. The Labute approximate surface area is 117 Å². The molecule has 2 rings (SSSR count). The maximum absolute atomic E-state index is 4.60. The van der Waals surface area contributed by atoms with Gasteiger partial charge < -0.3 is 10.2 Å². The average Bonchev–Trinajstić information content (AvgIpc) is 3.16. The van der Waals surface area contributed by atoms with Crippen molar-refractivity contribution in [3.05, 3.63) is 17.0 Å². The van der Waals surface area contributed by atoms with Gasteiger partial charge in [0.05, 0.1) is 5.69 Å². The van der Waals surface area contributed by atoms with E-state index in [1.165, 1.54) is 24.1 Å². The summed E-state index contributed by atoms with van der Waals surface area (Å²) in [5, 5.41) is 8.23. The van der Waals surface area contributed by atoms with Crippen LogP contribution in [-0.2, 0) is 6.54 Å². The fourth-order valence-corrected chi connectivity index (χ4v) is 2.90. The van der Waals surface area contributed by atoms with Crippen LogP contribution in [0.5, 0.6) is 0 Å². The van der Waals surface area contributed by atoms with Crippen LogP contribution in [0.15, 0.2) is 0 Å². The number of rotatable bonds is 7. The molecular formula is C15H28N4. The van der Waals surface area contributed by atoms with Crippen LogP contribution in [-0.4, -0.2) is 40.9 Å². The number of nitrogens with zero attached hydrogens (tertiary/aromatic N) is 3. The summed E-state index contributed by atoms with van der Waals surface area (Å²) in [4.78, 5) is 2.47. The Kier molecular flexibility index (Phi) is 4.63. The van der Waals surface area contributed by atoms with Gasteiger partial charge in [0.25, 0.3) is 0 Å². The third-order valence-electron chi connectivity index (χ3n) is 4.26. The molecule has 108 valence electrons. The highest BCUT2D eigenvalue weighted by atomic mass is 15.3. The molecule has 1 fully saturated rings. The Morgan fingerprint density at radius 3 is 2.63 bits per heavy atom. The molecule has 0 spiro atoms. The van der Waals surface area contributed by atoms with Gasteiger partial charge in [-0.1, -0.05) is 0 Å². The van der Waals surface area contributed by atoms with Crippen LogP contribution in [0.3, 0.4) is 0 Å². The second-order valence-electron chi connectivity index (χ2n) is 5.79. The summed E-state index contributed by atoms with van der Waals surface area (Å²) in [5.41, 5.74) is 3.83. The van der Waals surface area contributed by atoms with Gasteiger partial charge in [-0.05, 0) is 47.6 Å². The van der Waals surface area contributed by atoms with E-state index in [4.69, 9.17) is 0 Å². The van der Waals surface area contributed by atoms with Gasteiger partial charge in [-0.25, -0.2) is 0 Å². The van der Waals surface area contributed by atoms with Crippen molar-refractivity contribution in [3.63, 3.8) is 0 Å². The van der Waals surface area contributed by atoms with Gasteiger partial charge in [-0.3, -0.25) is 4.68 Å². The smallest absolute Gasteiger partial charge is 0.0644 e. The van der Waals surface area contributed by atoms with Crippen molar-refractivity contribution in [2.45, 2.75) is 59.2 Å². The van der Waals surface area contributed by atoms with Crippen molar-refractivity contribution >= 4 is 0 Å². The molecule has 1 aromatic heterocycles. The average molecular weight is 264 g/mol. The molecule has 1 unspecified atom stereocenters. The highest BCUT2D eigenvalue weighted by Gasteiger charge is 2.25. The summed E-state index contributed by atoms with van der Waals surface area (Å²) < 4.78 is 2.10. The molecule has 4 heteroatoms. The van der Waals surface area contributed by atoms with Gasteiger partial charge >= 0.3 is 0 Å². The van der Waals surface area contributed by atoms with Crippen molar-refractivity contribution < 1.29 is 0 Å². The second kappa shape index (κ2) is 6.06. The van der Waals surface area contributed by atoms with E-state index in [2.05, 4.69) is 54.7 Å². The van der Waals surface area contributed by atoms with Crippen molar-refractivity contribution in [2.24, 2.45) is 0 Å². The summed E-state index contributed by atoms with van der Waals surface area (Å²) in [5.74, 6) is 0. The zero-order chi connectivity index (χ0) is 14.0. The van der Waals surface area contributed by atoms with Crippen LogP contribution in [0.25, 0.3) is 0 Å². The Morgan fingerprint density at radius 2 is 2.11 bits per heavy atom. The highest BCUT2D eigenvalue weighted by molar-refractivity contribution is 5.27. The lowest BCUT2D eigenvalue weighted by molar-refractivity contribution is 0.316. The number of aryl methyl sites for hydroxylation is 2. The zero-order valence-corrected chi connectivity index (χ0v) is 13.0. The van der Waals surface area contributed by atoms with E-state index in [1.807, 2.05) is 0 Å². The predicted octanol–water partition coefficient (Wildman–Crippen LogP) is 2.26. The fraction of sp³-hybridized carbons (Fsp3) is 0.800. The van der Waals surface area contributed by atoms with E-state index in [9.17, 15) is 0 Å². The first-order valence-corrected chi connectivity index (χ1v) is 7.52. The molecule has 4 nitrogen and oxygen atoms in total. The van der Waals surface area contributed by atoms with Crippen molar-refractivity contribution in [3.8, 4) is 0 Å². The number of nitrogens with one attached hydrogen (secondary N) is 1. The van der Waals surface area contributed by atoms with Crippen molar-refractivity contribution in [2.75, 3.05) is 20.1 Å². The summed E-state index contributed by atoms with van der Waals surface area (Å²) in [6.07, 6.45) is 2.76. The molecular weight excluding hydrogens is 236 g/mol. The van der Waals surface area contributed by atoms with Gasteiger partial charge in [-0.2, -0.15) is 5.10 Å². The van der Waals surface area contributed by atoms with Gasteiger partial charge in [-0.15, -0.1) is 0 Å². The van der Waals surface area contributed by atoms with E-state index < -0.39 is 0 Å². The molecule has 0 radical (unpaired) electrons. The van der Waals surface area contributed by atoms with Crippen molar-refractivity contribution in [1.29, 1.82) is 0 Å². The van der Waals surface area contributed by atoms with Gasteiger partial charge in [0.1, 0.15) is 0 Å². The Bertz CT molecular complexity index is 420. The van der Waals surface area contributed by atoms with E-state index in [0.717, 1.165) is 31.4 Å². The Balaban J connectivity index is 1.88. The van der Waals surface area contributed by atoms with Crippen LogP contribution < -0.4 is 5.32 Å². The van der Waals surface area contributed by atoms with E-state index in [1.54, 1.807) is 0 Å². The second-order valence-corrected chi connectivity index (χ2v) is 5.79. The number of aromatic nitrogens is 2. The third kappa shape index (κ3) is 3.37. The Hall–Kier alpha value is -0.870. The van der Waals surface area contributed by atoms with Crippen LogP contribution in [0.4, 0.5) is 0 Å². The van der Waals surface area contributed by atoms with E-state index in [0.29, 0.717) is 6.04 Å². The molecule has 0 aromatic carbocycles. The van der Waals surface area contributed by atoms with E-state index >= 15 is 0 Å². The molecule has 0 saturated heterocycles. The molecule has 1 aromatic rings. The largest absolute Gasteiger partial charge is 0.309 e. The molecule has 0 amide bonds. The minimum atomic E-state index is 0.382. The SMILES string of the molecule is CCn1nc(C)c(C(C)NCCN(C)C2CC2)c1C. The number of hydrogen-bond donors (Lipinski definition) is 1. The molecule has 0 bridgehead atoms. The topological polar surface area (TPSA) is 33.1 Å². The number of hydrogen-bond acceptors (Lipinski definition) is 3. The molecule has 19 heavy (non-hydrogen) atoms. The first kappa shape index (κ1) is 14.5. The summed E-state index contributed by atoms with van der Waals surface area (Å²) in [6, 6.07) is 1.23. The molecule has 1 heterocycles. The maximum atomic E-state index is 4.60. The summed E-state index contributed by atoms with van der Waals surface area (Å²) in [7, 11) is 2.23. The molecule has 1 aliphatic carbocycles. The normalized spacial score (nSPS) is 17.2. The predicted molar refractivity (Wildman–Crippen MR) is 79.4 cm³/mol. The lowest BCUT2D eigenvalue weighted by atomic mass is 10.1. The summed E-state index contributed by atoms with van der Waals surface area (Å²) >= 11 is 0. The standard InChI is InChI=1S/C15H28N4/c1-6-19-13(4)15(12(3)17-19)11(2)16-9-10-18(5)14-7-8-14/h11,14,16H,6-10H2,1-5H3. The van der Waals surface area contributed by atoms with Crippen LogP contribution in [0, 0.1) is 13.8 Å². The lowest BCUT2D eigenvalue weighted by Gasteiger charge is -2.19. The minimum Gasteiger partial charge on any atom is -0.309 e. The highest BCUT2D eigenvalue weighted by Crippen LogP contribution is 2.25. The van der Waals surface area contributed by atoms with Gasteiger partial charge in [0.15, 0.2) is 0 Å². The van der Waals surface area contributed by atoms with Crippen LogP contribution in [0.2, 0.25) is 0 Å². The maximum Gasteiger partial charge on any atom is 0.0644 e. The van der Waals surface area contributed by atoms with Crippen molar-refractivity contribution in [1.82, 2.24) is 20.0 Å². The first-order valence-electron chi connectivity index (χ1n) is 7.52. The van der Waals surface area contributed by atoms with Crippen LogP contribution in [0.1, 0.15) is 49.7 Å². The molecule has 0 aliphatic heterocycles. The fourth-order valence-electron chi connectivity index (χ4n) is 2.90. The summed E-state index contributed by atoms with van der Waals surface area (Å²) in [6.45, 7) is 11.8. The monoisotopic (exact) mass is 264 g/mol. The molecule has 1 saturated carbocycles. The quantitative estimate of drug-likeness (QED) is 0.820. The molecule has 1 aliphatic rings. The lowest BCUT2D eigenvalue weighted by Crippen LogP contribution is -2.32.